The number of aliphatic carboxylic acids is 1. The molecule has 0 aliphatic heterocycles. The maximum absolute atomic E-state index is 11.2. The predicted octanol–water partition coefficient (Wildman–Crippen LogP) is 3.33. The minimum absolute atomic E-state index is 0.555. The number of aromatic nitrogens is 2. The van der Waals surface area contributed by atoms with E-state index in [9.17, 15) is 4.79 Å². The van der Waals surface area contributed by atoms with Crippen molar-refractivity contribution >= 4 is 33.2 Å². The second-order valence-corrected chi connectivity index (χ2v) is 6.10. The summed E-state index contributed by atoms with van der Waals surface area (Å²) in [5.41, 5.74) is 0.319. The largest absolute Gasteiger partial charge is 0.481 e. The fourth-order valence-electron chi connectivity index (χ4n) is 1.29. The number of thiazole rings is 1. The maximum Gasteiger partial charge on any atom is 0.315 e. The maximum atomic E-state index is 11.2. The van der Waals surface area contributed by atoms with Crippen molar-refractivity contribution in [3.05, 3.63) is 33.9 Å². The average molecular weight is 327 g/mol. The van der Waals surface area contributed by atoms with Crippen LogP contribution in [0.5, 0.6) is 0 Å². The first kappa shape index (κ1) is 13.2. The molecule has 0 radical (unpaired) electrons. The predicted molar refractivity (Wildman–Crippen MR) is 73.7 cm³/mol. The van der Waals surface area contributed by atoms with Crippen LogP contribution in [0, 0.1) is 0 Å². The molecule has 0 aliphatic rings. The Bertz CT molecular complexity index is 578. The van der Waals surface area contributed by atoms with Gasteiger partial charge < -0.3 is 5.11 Å². The van der Waals surface area contributed by atoms with E-state index in [0.29, 0.717) is 5.69 Å². The van der Waals surface area contributed by atoms with E-state index in [4.69, 9.17) is 5.11 Å². The highest BCUT2D eigenvalue weighted by Crippen LogP contribution is 2.29. The second kappa shape index (κ2) is 4.78. The third-order valence-corrected chi connectivity index (χ3v) is 3.96. The van der Waals surface area contributed by atoms with Crippen LogP contribution in [-0.4, -0.2) is 21.0 Å². The molecule has 2 rings (SSSR count). The van der Waals surface area contributed by atoms with Gasteiger partial charge in [0.25, 0.3) is 0 Å². The van der Waals surface area contributed by atoms with Crippen molar-refractivity contribution in [3.63, 3.8) is 0 Å². The van der Waals surface area contributed by atoms with Crippen molar-refractivity contribution in [2.75, 3.05) is 0 Å². The molecule has 0 unspecified atom stereocenters. The third kappa shape index (κ3) is 2.44. The molecule has 0 aromatic carbocycles. The summed E-state index contributed by atoms with van der Waals surface area (Å²) in [6.45, 7) is 3.28. The average Bonchev–Trinajstić information content (AvgIpc) is 2.79. The van der Waals surface area contributed by atoms with E-state index in [1.165, 1.54) is 11.3 Å². The minimum atomic E-state index is -0.982. The van der Waals surface area contributed by atoms with Gasteiger partial charge in [-0.1, -0.05) is 0 Å². The number of halogens is 1. The Labute approximate surface area is 117 Å². The summed E-state index contributed by atoms with van der Waals surface area (Å²) in [5, 5.41) is 11.7. The molecule has 18 heavy (non-hydrogen) atoms. The minimum Gasteiger partial charge on any atom is -0.481 e. The van der Waals surface area contributed by atoms with Gasteiger partial charge in [-0.05, 0) is 41.9 Å². The summed E-state index contributed by atoms with van der Waals surface area (Å²) in [6.07, 6.45) is 1.69. The molecular formula is C12H11BrN2O2S. The molecule has 0 bridgehead atoms. The quantitative estimate of drug-likeness (QED) is 0.939. The summed E-state index contributed by atoms with van der Waals surface area (Å²) >= 11 is 4.72. The third-order valence-electron chi connectivity index (χ3n) is 2.63. The van der Waals surface area contributed by atoms with E-state index in [0.717, 1.165) is 15.2 Å². The van der Waals surface area contributed by atoms with Crippen molar-refractivity contribution in [2.24, 2.45) is 0 Å². The van der Waals surface area contributed by atoms with Gasteiger partial charge in [0.2, 0.25) is 0 Å². The van der Waals surface area contributed by atoms with Crippen LogP contribution in [0.4, 0.5) is 0 Å². The van der Waals surface area contributed by atoms with E-state index >= 15 is 0 Å². The number of hydrogen-bond acceptors (Lipinski definition) is 4. The van der Waals surface area contributed by atoms with E-state index in [-0.39, 0.29) is 0 Å². The van der Waals surface area contributed by atoms with E-state index in [2.05, 4.69) is 25.9 Å². The molecule has 0 atom stereocenters. The number of hydrogen-bond donors (Lipinski definition) is 1. The van der Waals surface area contributed by atoms with Gasteiger partial charge in [0.1, 0.15) is 10.4 Å². The Morgan fingerprint density at radius 1 is 1.44 bits per heavy atom. The summed E-state index contributed by atoms with van der Waals surface area (Å²) in [4.78, 5) is 19.8. The van der Waals surface area contributed by atoms with E-state index in [1.807, 2.05) is 12.1 Å². The molecule has 2 aromatic heterocycles. The molecule has 0 fully saturated rings. The lowest BCUT2D eigenvalue weighted by molar-refractivity contribution is -0.142. The van der Waals surface area contributed by atoms with Crippen LogP contribution in [0.2, 0.25) is 0 Å². The Morgan fingerprint density at radius 2 is 2.17 bits per heavy atom. The van der Waals surface area contributed by atoms with Gasteiger partial charge in [-0.15, -0.1) is 11.3 Å². The molecule has 2 aromatic rings. The number of carboxylic acid groups (broad SMARTS) is 1. The lowest BCUT2D eigenvalue weighted by Gasteiger charge is -2.15. The molecule has 2 heterocycles. The molecule has 0 saturated heterocycles. The molecule has 0 aliphatic carbocycles. The fraction of sp³-hybridized carbons (Fsp3) is 0.250. The Kier molecular flexibility index (Phi) is 3.49. The van der Waals surface area contributed by atoms with Gasteiger partial charge in [-0.3, -0.25) is 9.78 Å². The van der Waals surface area contributed by atoms with Crippen molar-refractivity contribution in [1.82, 2.24) is 9.97 Å². The van der Waals surface area contributed by atoms with Crippen LogP contribution in [-0.2, 0) is 10.2 Å². The van der Waals surface area contributed by atoms with E-state index in [1.54, 1.807) is 25.4 Å². The second-order valence-electron chi connectivity index (χ2n) is 4.33. The lowest BCUT2D eigenvalue weighted by Crippen LogP contribution is -2.28. The number of carboxylic acids is 1. The van der Waals surface area contributed by atoms with Crippen LogP contribution in [0.15, 0.2) is 28.2 Å². The van der Waals surface area contributed by atoms with Crippen LogP contribution in [0.25, 0.3) is 10.7 Å². The highest BCUT2D eigenvalue weighted by Gasteiger charge is 2.32. The Hall–Kier alpha value is -1.27. The molecule has 94 valence electrons. The zero-order valence-electron chi connectivity index (χ0n) is 9.85. The van der Waals surface area contributed by atoms with E-state index < -0.39 is 11.4 Å². The van der Waals surface area contributed by atoms with Gasteiger partial charge in [0, 0.05) is 16.0 Å². The van der Waals surface area contributed by atoms with Crippen LogP contribution >= 0.6 is 27.3 Å². The standard InChI is InChI=1S/C12H11BrN2O2S/c1-12(2,11(16)17)9-6-18-10(15-9)8-4-3-7(13)5-14-8/h3-6H,1-2H3,(H,16,17). The SMILES string of the molecule is CC(C)(C(=O)O)c1csc(-c2ccc(Br)cn2)n1. The normalized spacial score (nSPS) is 11.5. The summed E-state index contributed by atoms with van der Waals surface area (Å²) in [7, 11) is 0. The van der Waals surface area contributed by atoms with Crippen LogP contribution in [0.3, 0.4) is 0 Å². The summed E-state index contributed by atoms with van der Waals surface area (Å²) in [6, 6.07) is 3.73. The summed E-state index contributed by atoms with van der Waals surface area (Å²) < 4.78 is 0.897. The highest BCUT2D eigenvalue weighted by molar-refractivity contribution is 9.10. The molecule has 0 amide bonds. The molecule has 0 saturated carbocycles. The highest BCUT2D eigenvalue weighted by atomic mass is 79.9. The van der Waals surface area contributed by atoms with Gasteiger partial charge in [-0.2, -0.15) is 0 Å². The monoisotopic (exact) mass is 326 g/mol. The van der Waals surface area contributed by atoms with Crippen molar-refractivity contribution in [3.8, 4) is 10.7 Å². The number of pyridine rings is 1. The molecule has 4 nitrogen and oxygen atoms in total. The van der Waals surface area contributed by atoms with Crippen LogP contribution < -0.4 is 0 Å². The first-order chi connectivity index (χ1) is 8.41. The lowest BCUT2D eigenvalue weighted by atomic mass is 9.90. The van der Waals surface area contributed by atoms with Gasteiger partial charge in [0.15, 0.2) is 0 Å². The molecule has 0 spiro atoms. The number of carbonyl (C=O) groups is 1. The van der Waals surface area contributed by atoms with Crippen molar-refractivity contribution in [1.29, 1.82) is 0 Å². The smallest absolute Gasteiger partial charge is 0.315 e. The van der Waals surface area contributed by atoms with Gasteiger partial charge in [-0.25, -0.2) is 4.98 Å². The summed E-state index contributed by atoms with van der Waals surface area (Å²) in [5.74, 6) is -0.886. The molecule has 6 heteroatoms. The molecule has 1 N–H and O–H groups in total. The van der Waals surface area contributed by atoms with Gasteiger partial charge in [0.05, 0.1) is 11.4 Å². The zero-order valence-corrected chi connectivity index (χ0v) is 12.2. The zero-order chi connectivity index (χ0) is 13.3. The Balaban J connectivity index is 2.37. The number of rotatable bonds is 3. The fourth-order valence-corrected chi connectivity index (χ4v) is 2.49. The van der Waals surface area contributed by atoms with Crippen LogP contribution in [0.1, 0.15) is 19.5 Å². The first-order valence-corrected chi connectivity index (χ1v) is 6.90. The van der Waals surface area contributed by atoms with Crippen molar-refractivity contribution in [2.45, 2.75) is 19.3 Å². The number of nitrogens with zero attached hydrogens (tertiary/aromatic N) is 2. The molecular weight excluding hydrogens is 316 g/mol. The topological polar surface area (TPSA) is 63.1 Å². The Morgan fingerprint density at radius 3 is 2.72 bits per heavy atom. The first-order valence-electron chi connectivity index (χ1n) is 5.22. The van der Waals surface area contributed by atoms with Crippen molar-refractivity contribution < 1.29 is 9.90 Å². The van der Waals surface area contributed by atoms with Gasteiger partial charge >= 0.3 is 5.97 Å².